The molecule has 1 N–H and O–H groups in total. The molecule has 0 spiro atoms. The molecule has 0 saturated carbocycles. The van der Waals surface area contributed by atoms with E-state index in [0.29, 0.717) is 22.9 Å². The van der Waals surface area contributed by atoms with Crippen LogP contribution in [0, 0.1) is 5.82 Å². The van der Waals surface area contributed by atoms with Crippen molar-refractivity contribution < 1.29 is 23.4 Å². The van der Waals surface area contributed by atoms with Crippen LogP contribution in [0.2, 0.25) is 5.02 Å². The van der Waals surface area contributed by atoms with Gasteiger partial charge in [-0.3, -0.25) is 4.79 Å². The molecule has 0 unspecified atom stereocenters. The molecule has 0 bridgehead atoms. The van der Waals surface area contributed by atoms with E-state index in [1.54, 1.807) is 18.2 Å². The predicted molar refractivity (Wildman–Crippen MR) is 85.1 cm³/mol. The van der Waals surface area contributed by atoms with Gasteiger partial charge in [0.15, 0.2) is 6.61 Å². The first-order valence-corrected chi connectivity index (χ1v) is 7.00. The van der Waals surface area contributed by atoms with Gasteiger partial charge >= 0.3 is 0 Å². The second-order valence-electron chi connectivity index (χ2n) is 4.51. The lowest BCUT2D eigenvalue weighted by Gasteiger charge is -2.10. The molecule has 2 aromatic rings. The van der Waals surface area contributed by atoms with Gasteiger partial charge in [0.2, 0.25) is 0 Å². The van der Waals surface area contributed by atoms with Crippen LogP contribution < -0.4 is 19.5 Å². The number of rotatable bonds is 6. The topological polar surface area (TPSA) is 56.8 Å². The van der Waals surface area contributed by atoms with Crippen LogP contribution in [0.1, 0.15) is 0 Å². The average Bonchev–Trinajstić information content (AvgIpc) is 2.55. The van der Waals surface area contributed by atoms with Crippen molar-refractivity contribution in [1.82, 2.24) is 0 Å². The monoisotopic (exact) mass is 339 g/mol. The molecule has 0 aliphatic heterocycles. The number of benzene rings is 2. The highest BCUT2D eigenvalue weighted by Crippen LogP contribution is 2.26. The largest absolute Gasteiger partial charge is 0.497 e. The third-order valence-electron chi connectivity index (χ3n) is 2.90. The summed E-state index contributed by atoms with van der Waals surface area (Å²) in [4.78, 5) is 11.9. The smallest absolute Gasteiger partial charge is 0.262 e. The molecular formula is C16H15ClFNO4. The number of halogens is 2. The van der Waals surface area contributed by atoms with Crippen LogP contribution in [0.5, 0.6) is 17.2 Å². The summed E-state index contributed by atoms with van der Waals surface area (Å²) < 4.78 is 28.5. The second kappa shape index (κ2) is 7.69. The number of ether oxygens (including phenoxy) is 3. The lowest BCUT2D eigenvalue weighted by atomic mass is 10.2. The Kier molecular flexibility index (Phi) is 5.65. The first-order chi connectivity index (χ1) is 11.0. The molecule has 0 aliphatic rings. The van der Waals surface area contributed by atoms with E-state index in [-0.39, 0.29) is 17.5 Å². The van der Waals surface area contributed by atoms with Gasteiger partial charge in [0.05, 0.1) is 19.2 Å². The molecule has 2 rings (SSSR count). The van der Waals surface area contributed by atoms with Crippen molar-refractivity contribution in [2.45, 2.75) is 0 Å². The molecule has 0 atom stereocenters. The van der Waals surface area contributed by atoms with Crippen molar-refractivity contribution in [1.29, 1.82) is 0 Å². The fourth-order valence-electron chi connectivity index (χ4n) is 1.79. The highest BCUT2D eigenvalue weighted by molar-refractivity contribution is 6.30. The van der Waals surface area contributed by atoms with Crippen LogP contribution in [-0.4, -0.2) is 26.7 Å². The zero-order valence-corrected chi connectivity index (χ0v) is 13.3. The van der Waals surface area contributed by atoms with E-state index in [1.165, 1.54) is 32.4 Å². The van der Waals surface area contributed by atoms with Crippen LogP contribution in [0.4, 0.5) is 10.1 Å². The molecule has 0 heterocycles. The van der Waals surface area contributed by atoms with Crippen LogP contribution in [-0.2, 0) is 4.79 Å². The van der Waals surface area contributed by atoms with Gasteiger partial charge in [-0.15, -0.1) is 0 Å². The molecule has 0 aliphatic carbocycles. The summed E-state index contributed by atoms with van der Waals surface area (Å²) >= 11 is 5.64. The number of amides is 1. The normalized spacial score (nSPS) is 10.1. The number of anilines is 1. The summed E-state index contributed by atoms with van der Waals surface area (Å²) in [6, 6.07) is 8.85. The van der Waals surface area contributed by atoms with E-state index in [2.05, 4.69) is 5.32 Å². The Hall–Kier alpha value is -2.47. The van der Waals surface area contributed by atoms with E-state index < -0.39 is 5.82 Å². The second-order valence-corrected chi connectivity index (χ2v) is 4.92. The Morgan fingerprint density at radius 3 is 2.30 bits per heavy atom. The standard InChI is InChI=1S/C16H15ClFNO4/c1-21-12-5-10(6-13(7-12)22-2)19-16(20)9-23-11-3-4-15(18)14(17)8-11/h3-8H,9H2,1-2H3,(H,19,20). The average molecular weight is 340 g/mol. The van der Waals surface area contributed by atoms with Gasteiger partial charge in [-0.1, -0.05) is 11.6 Å². The van der Waals surface area contributed by atoms with Crippen molar-refractivity contribution >= 4 is 23.2 Å². The van der Waals surface area contributed by atoms with Crippen LogP contribution in [0.3, 0.4) is 0 Å². The SMILES string of the molecule is COc1cc(NC(=O)COc2ccc(F)c(Cl)c2)cc(OC)c1. The van der Waals surface area contributed by atoms with E-state index in [4.69, 9.17) is 25.8 Å². The maximum atomic E-state index is 13.0. The molecule has 23 heavy (non-hydrogen) atoms. The van der Waals surface area contributed by atoms with Crippen molar-refractivity contribution in [3.8, 4) is 17.2 Å². The zero-order valence-electron chi connectivity index (χ0n) is 12.6. The molecular weight excluding hydrogens is 325 g/mol. The molecule has 0 aromatic heterocycles. The van der Waals surface area contributed by atoms with Gasteiger partial charge in [-0.25, -0.2) is 4.39 Å². The summed E-state index contributed by atoms with van der Waals surface area (Å²) in [6.45, 7) is -0.249. The van der Waals surface area contributed by atoms with Gasteiger partial charge in [0.25, 0.3) is 5.91 Å². The van der Waals surface area contributed by atoms with Gasteiger partial charge in [-0.2, -0.15) is 0 Å². The highest BCUT2D eigenvalue weighted by Gasteiger charge is 2.08. The number of nitrogens with one attached hydrogen (secondary N) is 1. The quantitative estimate of drug-likeness (QED) is 0.875. The van der Waals surface area contributed by atoms with Gasteiger partial charge < -0.3 is 19.5 Å². The molecule has 5 nitrogen and oxygen atoms in total. The first-order valence-electron chi connectivity index (χ1n) is 6.62. The minimum atomic E-state index is -0.549. The van der Waals surface area contributed by atoms with Crippen molar-refractivity contribution in [2.24, 2.45) is 0 Å². The summed E-state index contributed by atoms with van der Waals surface area (Å²) in [7, 11) is 3.03. The number of hydrogen-bond acceptors (Lipinski definition) is 4. The Morgan fingerprint density at radius 1 is 1.09 bits per heavy atom. The molecule has 0 saturated heterocycles. The zero-order chi connectivity index (χ0) is 16.8. The van der Waals surface area contributed by atoms with Gasteiger partial charge in [0, 0.05) is 30.0 Å². The van der Waals surface area contributed by atoms with E-state index >= 15 is 0 Å². The summed E-state index contributed by atoms with van der Waals surface area (Å²) in [5, 5.41) is 2.59. The van der Waals surface area contributed by atoms with Gasteiger partial charge in [0.1, 0.15) is 23.1 Å². The van der Waals surface area contributed by atoms with Crippen LogP contribution in [0.25, 0.3) is 0 Å². The minimum Gasteiger partial charge on any atom is -0.497 e. The Bertz CT molecular complexity index is 686. The predicted octanol–water partition coefficient (Wildman–Crippen LogP) is 3.51. The lowest BCUT2D eigenvalue weighted by Crippen LogP contribution is -2.20. The van der Waals surface area contributed by atoms with Crippen molar-refractivity contribution in [3.63, 3.8) is 0 Å². The summed E-state index contributed by atoms with van der Waals surface area (Å²) in [5.41, 5.74) is 0.506. The fraction of sp³-hybridized carbons (Fsp3) is 0.188. The molecule has 0 fully saturated rings. The molecule has 2 aromatic carbocycles. The number of carbonyl (C=O) groups is 1. The third-order valence-corrected chi connectivity index (χ3v) is 3.19. The summed E-state index contributed by atoms with van der Waals surface area (Å²) in [5.74, 6) is 0.458. The maximum absolute atomic E-state index is 13.0. The van der Waals surface area contributed by atoms with Crippen LogP contribution >= 0.6 is 11.6 Å². The molecule has 1 amide bonds. The van der Waals surface area contributed by atoms with E-state index in [0.717, 1.165) is 0 Å². The number of hydrogen-bond donors (Lipinski definition) is 1. The summed E-state index contributed by atoms with van der Waals surface area (Å²) in [6.07, 6.45) is 0. The van der Waals surface area contributed by atoms with Crippen LogP contribution in [0.15, 0.2) is 36.4 Å². The minimum absolute atomic E-state index is 0.0690. The molecule has 122 valence electrons. The van der Waals surface area contributed by atoms with Crippen molar-refractivity contribution in [2.75, 3.05) is 26.1 Å². The van der Waals surface area contributed by atoms with E-state index in [1.807, 2.05) is 0 Å². The maximum Gasteiger partial charge on any atom is 0.262 e. The van der Waals surface area contributed by atoms with E-state index in [9.17, 15) is 9.18 Å². The third kappa shape index (κ3) is 4.75. The lowest BCUT2D eigenvalue weighted by molar-refractivity contribution is -0.118. The number of methoxy groups -OCH3 is 2. The highest BCUT2D eigenvalue weighted by atomic mass is 35.5. The first kappa shape index (κ1) is 16.9. The Labute approximate surface area is 137 Å². The molecule has 7 heteroatoms. The fourth-order valence-corrected chi connectivity index (χ4v) is 1.96. The molecule has 0 radical (unpaired) electrons. The Balaban J connectivity index is 1.97. The van der Waals surface area contributed by atoms with Gasteiger partial charge in [-0.05, 0) is 12.1 Å². The Morgan fingerprint density at radius 2 is 1.74 bits per heavy atom. The number of carbonyl (C=O) groups excluding carboxylic acids is 1. The van der Waals surface area contributed by atoms with Crippen molar-refractivity contribution in [3.05, 3.63) is 47.2 Å².